The van der Waals surface area contributed by atoms with Crippen molar-refractivity contribution in [2.75, 3.05) is 26.7 Å². The number of aromatic nitrogens is 1. The molecule has 3 amide bonds. The number of nitrogens with one attached hydrogen (secondary N) is 1. The predicted molar refractivity (Wildman–Crippen MR) is 138 cm³/mol. The fourth-order valence-electron chi connectivity index (χ4n) is 4.69. The Balaban J connectivity index is 1.54. The number of ether oxygens (including phenoxy) is 1. The second-order valence-corrected chi connectivity index (χ2v) is 10.2. The van der Waals surface area contributed by atoms with Crippen molar-refractivity contribution in [2.45, 2.75) is 44.9 Å². The summed E-state index contributed by atoms with van der Waals surface area (Å²) >= 11 is 0. The Morgan fingerprint density at radius 1 is 1.19 bits per heavy atom. The van der Waals surface area contributed by atoms with Crippen LogP contribution in [0.3, 0.4) is 0 Å². The summed E-state index contributed by atoms with van der Waals surface area (Å²) in [6, 6.07) is 14.2. The lowest BCUT2D eigenvalue weighted by Gasteiger charge is -2.40. The van der Waals surface area contributed by atoms with Gasteiger partial charge in [-0.1, -0.05) is 36.4 Å². The number of hydrogen-bond donors (Lipinski definition) is 2. The van der Waals surface area contributed by atoms with Gasteiger partial charge in [-0.25, -0.2) is 5.01 Å². The minimum atomic E-state index is -1.18. The van der Waals surface area contributed by atoms with Crippen molar-refractivity contribution in [1.29, 1.82) is 0 Å². The van der Waals surface area contributed by atoms with E-state index in [2.05, 4.69) is 15.4 Å². The normalized spacial score (nSPS) is 20.3. The monoisotopic (exact) mass is 506 g/mol. The summed E-state index contributed by atoms with van der Waals surface area (Å²) in [5.74, 6) is -0.963. The molecular formula is C27H34N6O4. The van der Waals surface area contributed by atoms with E-state index < -0.39 is 22.9 Å². The summed E-state index contributed by atoms with van der Waals surface area (Å²) in [6.07, 6.45) is 2.46. The quantitative estimate of drug-likeness (QED) is 0.524. The lowest BCUT2D eigenvalue weighted by atomic mass is 9.74. The van der Waals surface area contributed by atoms with Crippen LogP contribution in [0.2, 0.25) is 0 Å². The first-order valence-corrected chi connectivity index (χ1v) is 12.4. The second kappa shape index (κ2) is 10.8. The van der Waals surface area contributed by atoms with Gasteiger partial charge in [-0.15, -0.1) is 0 Å². The van der Waals surface area contributed by atoms with Crippen molar-refractivity contribution in [2.24, 2.45) is 16.3 Å². The van der Waals surface area contributed by atoms with Crippen molar-refractivity contribution < 1.29 is 19.1 Å². The van der Waals surface area contributed by atoms with E-state index >= 15 is 0 Å². The van der Waals surface area contributed by atoms with Crippen LogP contribution in [0.15, 0.2) is 59.8 Å². The molecule has 3 heterocycles. The van der Waals surface area contributed by atoms with Gasteiger partial charge in [0.05, 0.1) is 24.5 Å². The van der Waals surface area contributed by atoms with Gasteiger partial charge >= 0.3 is 0 Å². The number of piperidine rings is 1. The molecule has 2 aliphatic heterocycles. The highest BCUT2D eigenvalue weighted by molar-refractivity contribution is 6.13. The number of carbonyl (C=O) groups excluding carboxylic acids is 3. The molecule has 0 unspecified atom stereocenters. The Hall–Kier alpha value is -3.63. The number of fused-ring (bicyclic) bond motifs is 1. The molecule has 1 saturated heterocycles. The molecule has 1 aromatic carbocycles. The zero-order valence-corrected chi connectivity index (χ0v) is 21.5. The lowest BCUT2D eigenvalue weighted by molar-refractivity contribution is -0.143. The van der Waals surface area contributed by atoms with Crippen LogP contribution in [0.1, 0.15) is 31.5 Å². The maximum absolute atomic E-state index is 13.8. The fraction of sp³-hybridized carbons (Fsp3) is 0.444. The van der Waals surface area contributed by atoms with Gasteiger partial charge in [0.1, 0.15) is 11.5 Å². The number of carbonyl (C=O) groups is 3. The fourth-order valence-corrected chi connectivity index (χ4v) is 4.69. The minimum absolute atomic E-state index is 0.0336. The van der Waals surface area contributed by atoms with E-state index in [1.165, 1.54) is 5.01 Å². The number of hydrogen-bond acceptors (Lipinski definition) is 7. The van der Waals surface area contributed by atoms with Gasteiger partial charge in [-0.3, -0.25) is 19.4 Å². The highest BCUT2D eigenvalue weighted by atomic mass is 16.5. The summed E-state index contributed by atoms with van der Waals surface area (Å²) in [4.78, 5) is 45.9. The van der Waals surface area contributed by atoms with Crippen LogP contribution < -0.4 is 11.1 Å². The Bertz CT molecular complexity index is 1160. The Morgan fingerprint density at radius 3 is 2.59 bits per heavy atom. The number of rotatable bonds is 9. The smallest absolute Gasteiger partial charge is 0.256 e. The topological polar surface area (TPSA) is 130 Å². The third-order valence-electron chi connectivity index (χ3n) is 6.71. The molecule has 2 aliphatic rings. The van der Waals surface area contributed by atoms with E-state index in [0.717, 1.165) is 17.0 Å². The van der Waals surface area contributed by atoms with Crippen molar-refractivity contribution in [3.8, 4) is 0 Å². The molecule has 0 aliphatic carbocycles. The number of benzene rings is 1. The number of hydrazone groups is 1. The van der Waals surface area contributed by atoms with Gasteiger partial charge in [-0.05, 0) is 31.5 Å². The Kier molecular flexibility index (Phi) is 7.70. The van der Waals surface area contributed by atoms with Crippen LogP contribution in [0.4, 0.5) is 0 Å². The standard InChI is InChI=1S/C27H34N6O4/c1-26(2,28)24(35)30-21(17-37-16-19-9-5-4-6-10-19)23(34)33-14-12-22-27(18-33,25(36)32(3)31-22)15-20-11-7-8-13-29-20/h4-11,13,21H,12,14-18,28H2,1-3H3,(H,30,35)/t21-,27+/m1/s1. The van der Waals surface area contributed by atoms with E-state index in [1.54, 1.807) is 32.0 Å². The molecule has 0 radical (unpaired) electrons. The molecule has 1 fully saturated rings. The minimum Gasteiger partial charge on any atom is -0.374 e. The van der Waals surface area contributed by atoms with Crippen molar-refractivity contribution in [3.05, 3.63) is 66.0 Å². The summed E-state index contributed by atoms with van der Waals surface area (Å²) in [5.41, 5.74) is 6.26. The summed E-state index contributed by atoms with van der Waals surface area (Å²) in [5, 5.41) is 8.60. The van der Waals surface area contributed by atoms with Crippen molar-refractivity contribution in [1.82, 2.24) is 20.2 Å². The third-order valence-corrected chi connectivity index (χ3v) is 6.71. The largest absolute Gasteiger partial charge is 0.374 e. The zero-order valence-electron chi connectivity index (χ0n) is 21.5. The predicted octanol–water partition coefficient (Wildman–Crippen LogP) is 1.11. The second-order valence-electron chi connectivity index (χ2n) is 10.2. The SMILES string of the molecule is CN1N=C2CCN(C(=O)[C@@H](COCc3ccccc3)NC(=O)C(C)(C)N)C[C@]2(Cc2ccccn2)C1=O. The average molecular weight is 507 g/mol. The van der Waals surface area contributed by atoms with E-state index in [-0.39, 0.29) is 31.6 Å². The maximum Gasteiger partial charge on any atom is 0.256 e. The zero-order chi connectivity index (χ0) is 26.6. The van der Waals surface area contributed by atoms with Gasteiger partial charge in [0.2, 0.25) is 11.8 Å². The van der Waals surface area contributed by atoms with Crippen molar-refractivity contribution in [3.63, 3.8) is 0 Å². The number of pyridine rings is 1. The highest BCUT2D eigenvalue weighted by Gasteiger charge is 2.54. The first kappa shape index (κ1) is 26.4. The number of nitrogens with two attached hydrogens (primary N) is 1. The molecule has 37 heavy (non-hydrogen) atoms. The number of amides is 3. The van der Waals surface area contributed by atoms with Gasteiger partial charge in [0.25, 0.3) is 5.91 Å². The van der Waals surface area contributed by atoms with Crippen LogP contribution in [0, 0.1) is 5.41 Å². The molecule has 0 bridgehead atoms. The van der Waals surface area contributed by atoms with Crippen LogP contribution >= 0.6 is 0 Å². The third kappa shape index (κ3) is 5.86. The molecular weight excluding hydrogens is 472 g/mol. The molecule has 10 heteroatoms. The van der Waals surface area contributed by atoms with Crippen molar-refractivity contribution >= 4 is 23.4 Å². The van der Waals surface area contributed by atoms with Gasteiger partial charge in [0.15, 0.2) is 0 Å². The molecule has 4 rings (SSSR count). The summed E-state index contributed by atoms with van der Waals surface area (Å²) in [6.45, 7) is 3.92. The van der Waals surface area contributed by atoms with E-state index in [9.17, 15) is 14.4 Å². The molecule has 2 atom stereocenters. The van der Waals surface area contributed by atoms with Crippen LogP contribution in [-0.2, 0) is 32.1 Å². The molecule has 2 aromatic rings. The molecule has 10 nitrogen and oxygen atoms in total. The van der Waals surface area contributed by atoms with Crippen LogP contribution in [-0.4, -0.2) is 76.7 Å². The average Bonchev–Trinajstić information content (AvgIpc) is 3.12. The Morgan fingerprint density at radius 2 is 1.92 bits per heavy atom. The highest BCUT2D eigenvalue weighted by Crippen LogP contribution is 2.38. The molecule has 3 N–H and O–H groups in total. The first-order chi connectivity index (χ1) is 17.6. The molecule has 0 saturated carbocycles. The van der Waals surface area contributed by atoms with E-state index in [4.69, 9.17) is 10.5 Å². The lowest BCUT2D eigenvalue weighted by Crippen LogP contribution is -2.61. The van der Waals surface area contributed by atoms with Gasteiger partial charge in [0, 0.05) is 44.9 Å². The number of likely N-dealkylation sites (tertiary alicyclic amines) is 1. The molecule has 196 valence electrons. The van der Waals surface area contributed by atoms with Gasteiger partial charge < -0.3 is 20.7 Å². The molecule has 1 aromatic heterocycles. The maximum atomic E-state index is 13.8. The van der Waals surface area contributed by atoms with E-state index in [1.807, 2.05) is 48.5 Å². The van der Waals surface area contributed by atoms with Crippen LogP contribution in [0.5, 0.6) is 0 Å². The Labute approximate surface area is 216 Å². The first-order valence-electron chi connectivity index (χ1n) is 12.4. The summed E-state index contributed by atoms with van der Waals surface area (Å²) < 4.78 is 5.84. The van der Waals surface area contributed by atoms with Crippen LogP contribution in [0.25, 0.3) is 0 Å². The molecule has 0 spiro atoms. The van der Waals surface area contributed by atoms with E-state index in [0.29, 0.717) is 19.4 Å². The summed E-state index contributed by atoms with van der Waals surface area (Å²) in [7, 11) is 1.63. The number of nitrogens with zero attached hydrogens (tertiary/aromatic N) is 4. The van der Waals surface area contributed by atoms with Gasteiger partial charge in [-0.2, -0.15) is 5.10 Å².